The Morgan fingerprint density at radius 3 is 2.64 bits per heavy atom. The van der Waals surface area contributed by atoms with Gasteiger partial charge in [0, 0.05) is 44.1 Å². The minimum atomic E-state index is -0.0858. The van der Waals surface area contributed by atoms with Crippen molar-refractivity contribution in [1.82, 2.24) is 14.7 Å². The summed E-state index contributed by atoms with van der Waals surface area (Å²) in [5, 5.41) is 5.40. The van der Waals surface area contributed by atoms with E-state index in [0.717, 1.165) is 24.0 Å². The quantitative estimate of drug-likeness (QED) is 0.539. The van der Waals surface area contributed by atoms with Crippen molar-refractivity contribution in [2.24, 2.45) is 0 Å². The number of nitrogens with zero attached hydrogens (tertiary/aromatic N) is 4. The van der Waals surface area contributed by atoms with Crippen LogP contribution in [0.25, 0.3) is 0 Å². The Labute approximate surface area is 154 Å². The zero-order chi connectivity index (χ0) is 17.6. The maximum absolute atomic E-state index is 12.3. The number of aromatic nitrogens is 2. The fourth-order valence-corrected chi connectivity index (χ4v) is 3.21. The zero-order valence-electron chi connectivity index (χ0n) is 13.9. The summed E-state index contributed by atoms with van der Waals surface area (Å²) in [6, 6.07) is 6.72. The highest BCUT2D eigenvalue weighted by molar-refractivity contribution is 9.09. The molecule has 1 saturated heterocycles. The van der Waals surface area contributed by atoms with Crippen molar-refractivity contribution < 1.29 is 9.21 Å². The maximum atomic E-state index is 12.3. The van der Waals surface area contributed by atoms with Gasteiger partial charge < -0.3 is 14.2 Å². The molecule has 1 aliphatic rings. The van der Waals surface area contributed by atoms with E-state index in [2.05, 4.69) is 25.9 Å². The summed E-state index contributed by atoms with van der Waals surface area (Å²) in [6.07, 6.45) is 3.42. The summed E-state index contributed by atoms with van der Waals surface area (Å²) < 4.78 is 6.70. The number of unbranched alkanes of at least 4 members (excludes halogenated alkanes) is 1. The highest BCUT2D eigenvalue weighted by Gasteiger charge is 2.24. The van der Waals surface area contributed by atoms with Gasteiger partial charge in [-0.1, -0.05) is 15.9 Å². The van der Waals surface area contributed by atoms with Gasteiger partial charge in [-0.3, -0.25) is 9.59 Å². The average Bonchev–Trinajstić information content (AvgIpc) is 3.18. The van der Waals surface area contributed by atoms with Gasteiger partial charge in [0.15, 0.2) is 5.76 Å². The first-order valence-corrected chi connectivity index (χ1v) is 9.53. The van der Waals surface area contributed by atoms with E-state index in [-0.39, 0.29) is 11.5 Å². The Balaban J connectivity index is 1.61. The number of halogens is 1. The standard InChI is InChI=1S/C17H21BrN4O3/c18-7-1-2-8-22-16(23)6-5-15(19-22)20-9-11-21(12-10-20)17(24)14-4-3-13-25-14/h3-6,13H,1-2,7-12H2. The van der Waals surface area contributed by atoms with Gasteiger partial charge in [0.1, 0.15) is 5.82 Å². The van der Waals surface area contributed by atoms with Gasteiger partial charge in [0.25, 0.3) is 11.5 Å². The molecule has 2 aromatic rings. The lowest BCUT2D eigenvalue weighted by Gasteiger charge is -2.35. The number of piperazine rings is 1. The molecule has 0 aromatic carbocycles. The maximum Gasteiger partial charge on any atom is 0.289 e. The fraction of sp³-hybridized carbons (Fsp3) is 0.471. The van der Waals surface area contributed by atoms with E-state index in [9.17, 15) is 9.59 Å². The second-order valence-corrected chi connectivity index (χ2v) is 6.70. The molecule has 3 rings (SSSR count). The number of anilines is 1. The predicted octanol–water partition coefficient (Wildman–Crippen LogP) is 1.97. The van der Waals surface area contributed by atoms with Crippen molar-refractivity contribution in [3.63, 3.8) is 0 Å². The van der Waals surface area contributed by atoms with Crippen LogP contribution >= 0.6 is 15.9 Å². The van der Waals surface area contributed by atoms with Gasteiger partial charge in [-0.25, -0.2) is 4.68 Å². The highest BCUT2D eigenvalue weighted by Crippen LogP contribution is 2.14. The predicted molar refractivity (Wildman–Crippen MR) is 98.3 cm³/mol. The van der Waals surface area contributed by atoms with E-state index in [1.807, 2.05) is 0 Å². The summed E-state index contributed by atoms with van der Waals surface area (Å²) >= 11 is 3.40. The summed E-state index contributed by atoms with van der Waals surface area (Å²) in [5.74, 6) is 1.06. The minimum absolute atomic E-state index is 0.0787. The SMILES string of the molecule is O=C(c1ccco1)N1CCN(c2ccc(=O)n(CCCCBr)n2)CC1. The molecule has 0 unspecified atom stereocenters. The van der Waals surface area contributed by atoms with Crippen molar-refractivity contribution in [3.8, 4) is 0 Å². The van der Waals surface area contributed by atoms with E-state index in [1.54, 1.807) is 29.2 Å². The van der Waals surface area contributed by atoms with Gasteiger partial charge >= 0.3 is 0 Å². The Morgan fingerprint density at radius 2 is 1.96 bits per heavy atom. The number of hydrogen-bond donors (Lipinski definition) is 0. The molecule has 0 N–H and O–H groups in total. The van der Waals surface area contributed by atoms with Crippen molar-refractivity contribution in [2.75, 3.05) is 36.4 Å². The van der Waals surface area contributed by atoms with Gasteiger partial charge in [-0.05, 0) is 31.0 Å². The van der Waals surface area contributed by atoms with Crippen LogP contribution in [-0.4, -0.2) is 52.1 Å². The Kier molecular flexibility index (Phi) is 5.91. The van der Waals surface area contributed by atoms with E-state index in [4.69, 9.17) is 4.42 Å². The molecule has 3 heterocycles. The number of amides is 1. The third-order valence-corrected chi connectivity index (χ3v) is 4.79. The number of furan rings is 1. The van der Waals surface area contributed by atoms with Crippen molar-refractivity contribution >= 4 is 27.7 Å². The second-order valence-electron chi connectivity index (χ2n) is 5.91. The molecule has 0 bridgehead atoms. The first-order valence-electron chi connectivity index (χ1n) is 8.41. The van der Waals surface area contributed by atoms with Crippen LogP contribution in [0.2, 0.25) is 0 Å². The number of hydrogen-bond acceptors (Lipinski definition) is 5. The average molecular weight is 409 g/mol. The molecule has 0 radical (unpaired) electrons. The third-order valence-electron chi connectivity index (χ3n) is 4.23. The van der Waals surface area contributed by atoms with E-state index >= 15 is 0 Å². The van der Waals surface area contributed by atoms with Crippen molar-refractivity contribution in [2.45, 2.75) is 19.4 Å². The van der Waals surface area contributed by atoms with Gasteiger partial charge in [0.2, 0.25) is 0 Å². The molecule has 7 nitrogen and oxygen atoms in total. The lowest BCUT2D eigenvalue weighted by Crippen LogP contribution is -2.49. The number of rotatable bonds is 6. The number of aryl methyl sites for hydroxylation is 1. The Bertz CT molecular complexity index is 752. The number of alkyl halides is 1. The lowest BCUT2D eigenvalue weighted by atomic mass is 10.3. The van der Waals surface area contributed by atoms with E-state index < -0.39 is 0 Å². The van der Waals surface area contributed by atoms with Crippen LogP contribution in [0, 0.1) is 0 Å². The van der Waals surface area contributed by atoms with E-state index in [0.29, 0.717) is 38.5 Å². The van der Waals surface area contributed by atoms with Crippen LogP contribution < -0.4 is 10.5 Å². The molecule has 134 valence electrons. The molecular formula is C17H21BrN4O3. The van der Waals surface area contributed by atoms with Crippen LogP contribution in [-0.2, 0) is 6.54 Å². The normalized spacial score (nSPS) is 14.8. The van der Waals surface area contributed by atoms with Crippen molar-refractivity contribution in [3.05, 3.63) is 46.6 Å². The fourth-order valence-electron chi connectivity index (χ4n) is 2.82. The zero-order valence-corrected chi connectivity index (χ0v) is 15.5. The van der Waals surface area contributed by atoms with E-state index in [1.165, 1.54) is 10.9 Å². The van der Waals surface area contributed by atoms with Crippen molar-refractivity contribution in [1.29, 1.82) is 0 Å². The number of carbonyl (C=O) groups excluding carboxylic acids is 1. The largest absolute Gasteiger partial charge is 0.459 e. The highest BCUT2D eigenvalue weighted by atomic mass is 79.9. The molecule has 0 saturated carbocycles. The molecule has 25 heavy (non-hydrogen) atoms. The first kappa shape index (κ1) is 17.7. The molecule has 1 amide bonds. The third kappa shape index (κ3) is 4.31. The second kappa shape index (κ2) is 8.33. The lowest BCUT2D eigenvalue weighted by molar-refractivity contribution is 0.0714. The topological polar surface area (TPSA) is 71.6 Å². The first-order chi connectivity index (χ1) is 12.2. The van der Waals surface area contributed by atoms with Crippen LogP contribution in [0.5, 0.6) is 0 Å². The monoisotopic (exact) mass is 408 g/mol. The molecular weight excluding hydrogens is 388 g/mol. The van der Waals surface area contributed by atoms with Gasteiger partial charge in [0.05, 0.1) is 6.26 Å². The Morgan fingerprint density at radius 1 is 1.16 bits per heavy atom. The molecule has 0 atom stereocenters. The van der Waals surface area contributed by atoms with Crippen LogP contribution in [0.1, 0.15) is 23.4 Å². The van der Waals surface area contributed by atoms with Gasteiger partial charge in [-0.15, -0.1) is 0 Å². The van der Waals surface area contributed by atoms with Crippen LogP contribution in [0.15, 0.2) is 39.7 Å². The van der Waals surface area contributed by atoms with Gasteiger partial charge in [-0.2, -0.15) is 5.10 Å². The molecule has 0 aliphatic carbocycles. The smallest absolute Gasteiger partial charge is 0.289 e. The minimum Gasteiger partial charge on any atom is -0.459 e. The summed E-state index contributed by atoms with van der Waals surface area (Å²) in [7, 11) is 0. The molecule has 1 fully saturated rings. The van der Waals surface area contributed by atoms with Crippen LogP contribution in [0.4, 0.5) is 5.82 Å². The molecule has 8 heteroatoms. The van der Waals surface area contributed by atoms with Crippen LogP contribution in [0.3, 0.4) is 0 Å². The number of carbonyl (C=O) groups is 1. The summed E-state index contributed by atoms with van der Waals surface area (Å²) in [4.78, 5) is 28.1. The molecule has 1 aliphatic heterocycles. The molecule has 2 aromatic heterocycles. The summed E-state index contributed by atoms with van der Waals surface area (Å²) in [5.41, 5.74) is -0.0787. The summed E-state index contributed by atoms with van der Waals surface area (Å²) in [6.45, 7) is 3.18. The molecule has 0 spiro atoms. The Hall–Kier alpha value is -2.09.